The van der Waals surface area contributed by atoms with Gasteiger partial charge in [0.25, 0.3) is 5.91 Å². The van der Waals surface area contributed by atoms with Crippen LogP contribution < -0.4 is 5.32 Å². The van der Waals surface area contributed by atoms with E-state index in [1.54, 1.807) is 22.3 Å². The van der Waals surface area contributed by atoms with Crippen LogP contribution in [0.1, 0.15) is 41.4 Å². The average Bonchev–Trinajstić information content (AvgIpc) is 3.39. The van der Waals surface area contributed by atoms with E-state index in [0.717, 1.165) is 18.7 Å². The Morgan fingerprint density at radius 3 is 2.59 bits per heavy atom. The van der Waals surface area contributed by atoms with Gasteiger partial charge >= 0.3 is 0 Å². The third-order valence-corrected chi connectivity index (χ3v) is 5.37. The highest BCUT2D eigenvalue weighted by atomic mass is 32.1. The maximum Gasteiger partial charge on any atom is 0.251 e. The zero-order valence-electron chi connectivity index (χ0n) is 15.7. The fraction of sp³-hybridized carbons (Fsp3) is 0.350. The monoisotopic (exact) mass is 383 g/mol. The molecule has 6 nitrogen and oxygen atoms in total. The number of nitrogens with zero attached hydrogens (tertiary/aromatic N) is 4. The minimum absolute atomic E-state index is 0.0466. The summed E-state index contributed by atoms with van der Waals surface area (Å²) in [6.07, 6.45) is 3.19. The van der Waals surface area contributed by atoms with Gasteiger partial charge in [-0.2, -0.15) is 16.4 Å². The SMILES string of the molecule is CCN(CC)C(CNC(=O)c1ccc(Cn2cncn2)cc1)c1ccsc1. The molecule has 0 aliphatic rings. The van der Waals surface area contributed by atoms with E-state index >= 15 is 0 Å². The zero-order valence-corrected chi connectivity index (χ0v) is 16.5. The summed E-state index contributed by atoms with van der Waals surface area (Å²) in [5.41, 5.74) is 3.00. The second-order valence-electron chi connectivity index (χ2n) is 6.29. The van der Waals surface area contributed by atoms with Crippen LogP contribution in [0.2, 0.25) is 0 Å². The molecule has 0 radical (unpaired) electrons. The van der Waals surface area contributed by atoms with Crippen LogP contribution in [-0.4, -0.2) is 45.2 Å². The van der Waals surface area contributed by atoms with Gasteiger partial charge in [-0.1, -0.05) is 26.0 Å². The molecule has 1 amide bonds. The predicted octanol–water partition coefficient (Wildman–Crippen LogP) is 3.20. The summed E-state index contributed by atoms with van der Waals surface area (Å²) >= 11 is 1.69. The molecular weight excluding hydrogens is 358 g/mol. The number of nitrogens with one attached hydrogen (secondary N) is 1. The van der Waals surface area contributed by atoms with Crippen LogP contribution in [0.3, 0.4) is 0 Å². The van der Waals surface area contributed by atoms with Crippen LogP contribution in [0.15, 0.2) is 53.7 Å². The first kappa shape index (κ1) is 19.3. The van der Waals surface area contributed by atoms with Crippen LogP contribution >= 0.6 is 11.3 Å². The highest BCUT2D eigenvalue weighted by Crippen LogP contribution is 2.22. The van der Waals surface area contributed by atoms with Gasteiger partial charge in [-0.25, -0.2) is 9.67 Å². The van der Waals surface area contributed by atoms with Crippen molar-refractivity contribution in [3.8, 4) is 0 Å². The Hall–Kier alpha value is -2.51. The van der Waals surface area contributed by atoms with Gasteiger partial charge in [0.1, 0.15) is 12.7 Å². The fourth-order valence-electron chi connectivity index (χ4n) is 3.14. The smallest absolute Gasteiger partial charge is 0.251 e. The number of amides is 1. The second-order valence-corrected chi connectivity index (χ2v) is 7.07. The van der Waals surface area contributed by atoms with Gasteiger partial charge in [0, 0.05) is 12.1 Å². The normalized spacial score (nSPS) is 12.3. The molecule has 2 heterocycles. The van der Waals surface area contributed by atoms with Gasteiger partial charge in [-0.3, -0.25) is 9.69 Å². The molecule has 0 bridgehead atoms. The highest BCUT2D eigenvalue weighted by Gasteiger charge is 2.19. The lowest BCUT2D eigenvalue weighted by Gasteiger charge is -2.29. The molecule has 0 spiro atoms. The molecule has 0 saturated carbocycles. The Kier molecular flexibility index (Phi) is 6.73. The van der Waals surface area contributed by atoms with Crippen molar-refractivity contribution in [2.45, 2.75) is 26.4 Å². The molecule has 27 heavy (non-hydrogen) atoms. The standard InChI is InChI=1S/C20H25N5OS/c1-3-24(4-2)19(18-9-10-27-13-18)11-22-20(26)17-7-5-16(6-8-17)12-25-15-21-14-23-25/h5-10,13-15,19H,3-4,11-12H2,1-2H3,(H,22,26). The van der Waals surface area contributed by atoms with Crippen molar-refractivity contribution in [1.29, 1.82) is 0 Å². The number of hydrogen-bond acceptors (Lipinski definition) is 5. The summed E-state index contributed by atoms with van der Waals surface area (Å²) < 4.78 is 1.75. The van der Waals surface area contributed by atoms with E-state index in [-0.39, 0.29) is 11.9 Å². The van der Waals surface area contributed by atoms with Crippen LogP contribution in [0, 0.1) is 0 Å². The first-order valence-electron chi connectivity index (χ1n) is 9.17. The van der Waals surface area contributed by atoms with Gasteiger partial charge < -0.3 is 5.32 Å². The second kappa shape index (κ2) is 9.43. The highest BCUT2D eigenvalue weighted by molar-refractivity contribution is 7.07. The van der Waals surface area contributed by atoms with Gasteiger partial charge in [0.2, 0.25) is 0 Å². The van der Waals surface area contributed by atoms with Crippen molar-refractivity contribution in [3.63, 3.8) is 0 Å². The molecule has 3 rings (SSSR count). The quantitative estimate of drug-likeness (QED) is 0.616. The maximum atomic E-state index is 12.6. The minimum atomic E-state index is -0.0466. The Labute approximate surface area is 163 Å². The molecule has 142 valence electrons. The third kappa shape index (κ3) is 5.02. The van der Waals surface area contributed by atoms with E-state index in [1.165, 1.54) is 11.9 Å². The molecule has 1 atom stereocenters. The van der Waals surface area contributed by atoms with Crippen molar-refractivity contribution in [3.05, 3.63) is 70.4 Å². The van der Waals surface area contributed by atoms with Gasteiger partial charge in [0.05, 0.1) is 12.6 Å². The Morgan fingerprint density at radius 1 is 1.22 bits per heavy atom. The predicted molar refractivity (Wildman–Crippen MR) is 108 cm³/mol. The van der Waals surface area contributed by atoms with Crippen molar-refractivity contribution in [2.75, 3.05) is 19.6 Å². The van der Waals surface area contributed by atoms with Gasteiger partial charge in [-0.05, 0) is 53.2 Å². The van der Waals surface area contributed by atoms with E-state index in [1.807, 2.05) is 24.3 Å². The van der Waals surface area contributed by atoms with Crippen molar-refractivity contribution < 1.29 is 4.79 Å². The molecular formula is C20H25N5OS. The van der Waals surface area contributed by atoms with E-state index in [4.69, 9.17) is 0 Å². The van der Waals surface area contributed by atoms with Crippen LogP contribution in [0.5, 0.6) is 0 Å². The molecule has 3 aromatic rings. The number of aromatic nitrogens is 3. The van der Waals surface area contributed by atoms with Gasteiger partial charge in [-0.15, -0.1) is 0 Å². The molecule has 0 aliphatic carbocycles. The third-order valence-electron chi connectivity index (χ3n) is 4.66. The Bertz CT molecular complexity index is 811. The fourth-order valence-corrected chi connectivity index (χ4v) is 3.85. The lowest BCUT2D eigenvalue weighted by atomic mass is 10.1. The van der Waals surface area contributed by atoms with Crippen LogP contribution in [-0.2, 0) is 6.54 Å². The number of benzene rings is 1. The molecule has 1 aromatic carbocycles. The largest absolute Gasteiger partial charge is 0.350 e. The number of hydrogen-bond donors (Lipinski definition) is 1. The molecule has 0 saturated heterocycles. The van der Waals surface area contributed by atoms with E-state index in [2.05, 4.69) is 51.0 Å². The molecule has 1 unspecified atom stereocenters. The lowest BCUT2D eigenvalue weighted by Crippen LogP contribution is -2.37. The summed E-state index contributed by atoms with van der Waals surface area (Å²) in [4.78, 5) is 18.9. The van der Waals surface area contributed by atoms with Crippen molar-refractivity contribution >= 4 is 17.2 Å². The number of likely N-dealkylation sites (N-methyl/N-ethyl adjacent to an activating group) is 1. The lowest BCUT2D eigenvalue weighted by molar-refractivity contribution is 0.0935. The summed E-state index contributed by atoms with van der Waals surface area (Å²) in [6, 6.07) is 9.96. The van der Waals surface area contributed by atoms with E-state index in [0.29, 0.717) is 18.7 Å². The van der Waals surface area contributed by atoms with Crippen LogP contribution in [0.4, 0.5) is 0 Å². The zero-order chi connectivity index (χ0) is 19.1. The number of rotatable bonds is 9. The number of carbonyl (C=O) groups is 1. The summed E-state index contributed by atoms with van der Waals surface area (Å²) in [7, 11) is 0. The summed E-state index contributed by atoms with van der Waals surface area (Å²) in [6.45, 7) is 7.44. The minimum Gasteiger partial charge on any atom is -0.350 e. The first-order valence-corrected chi connectivity index (χ1v) is 10.1. The molecule has 0 aliphatic heterocycles. The molecule has 1 N–H and O–H groups in total. The number of carbonyl (C=O) groups excluding carboxylic acids is 1. The van der Waals surface area contributed by atoms with Crippen molar-refractivity contribution in [2.24, 2.45) is 0 Å². The Balaban J connectivity index is 1.61. The summed E-state index contributed by atoms with van der Waals surface area (Å²) in [5, 5.41) is 11.4. The van der Waals surface area contributed by atoms with E-state index in [9.17, 15) is 4.79 Å². The molecule has 0 fully saturated rings. The summed E-state index contributed by atoms with van der Waals surface area (Å²) in [5.74, 6) is -0.0466. The molecule has 2 aromatic heterocycles. The molecule has 7 heteroatoms. The van der Waals surface area contributed by atoms with Crippen LogP contribution in [0.25, 0.3) is 0 Å². The maximum absolute atomic E-state index is 12.6. The first-order chi connectivity index (χ1) is 13.2. The van der Waals surface area contributed by atoms with Gasteiger partial charge in [0.15, 0.2) is 0 Å². The number of thiophene rings is 1. The van der Waals surface area contributed by atoms with Crippen molar-refractivity contribution in [1.82, 2.24) is 25.0 Å². The average molecular weight is 384 g/mol. The topological polar surface area (TPSA) is 63.1 Å². The van der Waals surface area contributed by atoms with E-state index < -0.39 is 0 Å². The Morgan fingerprint density at radius 2 is 2.00 bits per heavy atom.